The number of carbonyl (C=O) groups is 8. The first-order valence-electron chi connectivity index (χ1n) is 19.9. The van der Waals surface area contributed by atoms with Crippen LogP contribution >= 0.6 is 0 Å². The van der Waals surface area contributed by atoms with Crippen molar-refractivity contribution in [2.45, 2.75) is 120 Å². The van der Waals surface area contributed by atoms with Gasteiger partial charge in [0.1, 0.15) is 0 Å². The van der Waals surface area contributed by atoms with E-state index in [-0.39, 0.29) is 115 Å². The average molecular weight is 934 g/mol. The summed E-state index contributed by atoms with van der Waals surface area (Å²) in [5.74, 6) is -12.2. The van der Waals surface area contributed by atoms with E-state index in [1.54, 1.807) is 6.92 Å². The van der Waals surface area contributed by atoms with E-state index in [4.69, 9.17) is 19.9 Å². The Hall–Kier alpha value is -6.61. The van der Waals surface area contributed by atoms with Crippen molar-refractivity contribution in [2.24, 2.45) is 0 Å². The molecule has 2 aromatic heterocycles. The normalized spacial score (nSPS) is 19.6. The van der Waals surface area contributed by atoms with Crippen molar-refractivity contribution < 1.29 is 96.0 Å². The molecular weight excluding hydrogens is 887 g/mol. The van der Waals surface area contributed by atoms with E-state index in [1.165, 1.54) is 32.0 Å². The quantitative estimate of drug-likeness (QED) is 0.0919. The summed E-state index contributed by atoms with van der Waals surface area (Å²) in [6.07, 6.45) is -5.51. The first-order valence-corrected chi connectivity index (χ1v) is 19.9. The number of rotatable bonds is 20. The van der Waals surface area contributed by atoms with Crippen LogP contribution in [0.3, 0.4) is 0 Å². The first kappa shape index (κ1) is 50.0. The van der Waals surface area contributed by atoms with Crippen molar-refractivity contribution >= 4 is 69.9 Å². The predicted molar refractivity (Wildman–Crippen MR) is 217 cm³/mol. The van der Waals surface area contributed by atoms with Gasteiger partial charge in [0.05, 0.1) is 37.1 Å². The van der Waals surface area contributed by atoms with Gasteiger partial charge in [-0.2, -0.15) is 11.4 Å². The summed E-state index contributed by atoms with van der Waals surface area (Å²) < 4.78 is 0. The van der Waals surface area contributed by atoms with Crippen LogP contribution < -0.4 is 9.97 Å². The van der Waals surface area contributed by atoms with E-state index in [9.17, 15) is 79.2 Å². The number of aliphatic carboxylic acids is 8. The summed E-state index contributed by atoms with van der Waals surface area (Å²) in [7, 11) is 0. The standard InChI is InChI=1S/C43H48N4O16.Co/c1-19-40-23(13-37(58)59)21(5-9-33(50)51)27(46-40)14-26-20(4-8-32(48)49)22(12-36(56)57)28(44-26)15-29-24(6-10-34(52)53)42(2,17-38(60)61)31(45-29)16-30-25(7-11-35(54)55)43(3,18-39(62)63)41(19)47-30;/h14-16,24-25H,4-13,17-18H2,1-3H3,(H10,44,45,46,47,48,49,50,51,52,53,54,55,56,57,58,59,60,61,62,63);/p-2/t24-,25-,42+,43+;/m1./s1. The van der Waals surface area contributed by atoms with Crippen molar-refractivity contribution in [2.75, 3.05) is 0 Å². The van der Waals surface area contributed by atoms with Gasteiger partial charge in [-0.1, -0.05) is 37.6 Å². The van der Waals surface area contributed by atoms with Crippen LogP contribution in [0.15, 0.2) is 18.2 Å². The number of hydrogen-bond acceptors (Lipinski definition) is 10. The van der Waals surface area contributed by atoms with Crippen molar-refractivity contribution in [3.05, 3.63) is 69.1 Å². The first-order chi connectivity index (χ1) is 29.4. The third-order valence-corrected chi connectivity index (χ3v) is 12.0. The molecule has 64 heavy (non-hydrogen) atoms. The topological polar surface area (TPSA) is 352 Å². The molecule has 8 N–H and O–H groups in total. The van der Waals surface area contributed by atoms with Gasteiger partial charge in [0, 0.05) is 65.2 Å². The number of carboxylic acid groups (broad SMARTS) is 8. The second-order valence-corrected chi connectivity index (χ2v) is 16.4. The minimum absolute atomic E-state index is 0. The Morgan fingerprint density at radius 1 is 0.578 bits per heavy atom. The molecule has 0 aromatic carbocycles. The van der Waals surface area contributed by atoms with Crippen LogP contribution in [-0.4, -0.2) is 98.6 Å². The van der Waals surface area contributed by atoms with Crippen molar-refractivity contribution in [1.82, 2.24) is 19.9 Å². The maximum Gasteiger partial charge on any atom is 0.307 e. The van der Waals surface area contributed by atoms with Crippen molar-refractivity contribution in [3.8, 4) is 0 Å². The molecule has 0 spiro atoms. The number of fused-ring (bicyclic) bond motifs is 8. The maximum absolute atomic E-state index is 12.7. The molecule has 345 valence electrons. The Kier molecular flexibility index (Phi) is 15.5. The second-order valence-electron chi connectivity index (χ2n) is 16.4. The van der Waals surface area contributed by atoms with Gasteiger partial charge in [-0.15, -0.1) is 11.0 Å². The van der Waals surface area contributed by atoms with Crippen LogP contribution in [0.4, 0.5) is 0 Å². The minimum Gasteiger partial charge on any atom is -0.664 e. The SMILES string of the molecule is Cc1c2nc(cc3[n-]c(cc4nc(cc5[n-]c1c(CC(=O)O)c5CCC(=O)O)C(CCC(=O)O)=C4CC(=O)O)[C@@H](CCC(=O)O)[C@]3(C)CC(=O)O)[C@@H](CCC(=O)O)[C@]2(C)CC(=O)O.[Co]. The predicted octanol–water partition coefficient (Wildman–Crippen LogP) is 4.26. The van der Waals surface area contributed by atoms with E-state index in [0.717, 1.165) is 0 Å². The fourth-order valence-corrected chi connectivity index (χ4v) is 9.20. The van der Waals surface area contributed by atoms with E-state index < -0.39 is 122 Å². The monoisotopic (exact) mass is 933 g/mol. The summed E-state index contributed by atoms with van der Waals surface area (Å²) in [4.78, 5) is 117. The van der Waals surface area contributed by atoms with Gasteiger partial charge < -0.3 is 50.8 Å². The fourth-order valence-electron chi connectivity index (χ4n) is 9.20. The van der Waals surface area contributed by atoms with Crippen molar-refractivity contribution in [3.63, 3.8) is 0 Å². The number of allylic oxidation sites excluding steroid dienone is 1. The van der Waals surface area contributed by atoms with Crippen LogP contribution in [0.25, 0.3) is 22.2 Å². The summed E-state index contributed by atoms with van der Waals surface area (Å²) in [5, 5.41) is 80.0. The zero-order valence-corrected chi connectivity index (χ0v) is 35.9. The molecule has 5 rings (SSSR count). The van der Waals surface area contributed by atoms with Gasteiger partial charge in [-0.25, -0.2) is 4.98 Å². The molecule has 0 fully saturated rings. The Morgan fingerprint density at radius 3 is 1.66 bits per heavy atom. The van der Waals surface area contributed by atoms with Gasteiger partial charge in [0.25, 0.3) is 0 Å². The Labute approximate surface area is 374 Å². The Morgan fingerprint density at radius 2 is 1.11 bits per heavy atom. The van der Waals surface area contributed by atoms with Crippen molar-refractivity contribution in [1.29, 1.82) is 0 Å². The van der Waals surface area contributed by atoms with E-state index in [1.807, 2.05) is 0 Å². The molecule has 0 aliphatic carbocycles. The molecule has 0 amide bonds. The Bertz CT molecular complexity index is 2540. The molecule has 5 heterocycles. The van der Waals surface area contributed by atoms with Crippen LogP contribution in [0.1, 0.15) is 141 Å². The second kappa shape index (κ2) is 19.8. The Balaban J connectivity index is 0.00000898. The molecule has 4 atom stereocenters. The van der Waals surface area contributed by atoms with Gasteiger partial charge in [-0.05, 0) is 66.2 Å². The smallest absolute Gasteiger partial charge is 0.307 e. The minimum atomic E-state index is -1.53. The summed E-state index contributed by atoms with van der Waals surface area (Å²) in [5.41, 5.74) is -2.29. The number of nitrogens with zero attached hydrogens (tertiary/aromatic N) is 4. The zero-order chi connectivity index (χ0) is 46.7. The summed E-state index contributed by atoms with van der Waals surface area (Å²) >= 11 is 0. The number of hydrogen-bond donors (Lipinski definition) is 8. The maximum atomic E-state index is 12.7. The molecular formula is C43H46CoN4O16-2. The number of aryl methyl sites for hydroxylation is 2. The zero-order valence-electron chi connectivity index (χ0n) is 34.8. The van der Waals surface area contributed by atoms with Gasteiger partial charge in [0.2, 0.25) is 0 Å². The van der Waals surface area contributed by atoms with E-state index in [0.29, 0.717) is 0 Å². The number of carboxylic acids is 8. The molecule has 3 aliphatic heterocycles. The van der Waals surface area contributed by atoms with Gasteiger partial charge in [0.15, 0.2) is 0 Å². The summed E-state index contributed by atoms with van der Waals surface area (Å²) in [6, 6.07) is 4.14. The van der Waals surface area contributed by atoms with Gasteiger partial charge in [-0.3, -0.25) is 43.3 Å². The van der Waals surface area contributed by atoms with Gasteiger partial charge >= 0.3 is 47.8 Å². The molecule has 0 unspecified atom stereocenters. The third-order valence-electron chi connectivity index (χ3n) is 12.0. The average Bonchev–Trinajstić information content (AvgIpc) is 3.80. The molecule has 3 aliphatic rings. The number of aromatic nitrogens is 4. The fraction of sp³-hybridized carbons (Fsp3) is 0.442. The molecule has 8 bridgehead atoms. The molecule has 21 heteroatoms. The molecule has 20 nitrogen and oxygen atoms in total. The molecule has 1 radical (unpaired) electrons. The van der Waals surface area contributed by atoms with Crippen LogP contribution in [-0.2, 0) is 78.8 Å². The van der Waals surface area contributed by atoms with E-state index >= 15 is 0 Å². The largest absolute Gasteiger partial charge is 0.664 e. The molecule has 0 saturated carbocycles. The summed E-state index contributed by atoms with van der Waals surface area (Å²) in [6.45, 7) is 4.59. The molecule has 2 aromatic rings. The third kappa shape index (κ3) is 10.8. The van der Waals surface area contributed by atoms with Crippen LogP contribution in [0, 0.1) is 6.92 Å². The molecule has 0 saturated heterocycles. The van der Waals surface area contributed by atoms with Crippen LogP contribution in [0.5, 0.6) is 0 Å². The van der Waals surface area contributed by atoms with E-state index in [2.05, 4.69) is 0 Å². The van der Waals surface area contributed by atoms with Crippen LogP contribution in [0.2, 0.25) is 0 Å².